The molecule has 0 unspecified atom stereocenters. The van der Waals surface area contributed by atoms with Crippen LogP contribution in [0.5, 0.6) is 0 Å². The molecule has 0 bridgehead atoms. The molecular formula is C18H18BrClN2O5S. The Morgan fingerprint density at radius 1 is 1.18 bits per heavy atom. The van der Waals surface area contributed by atoms with Crippen LogP contribution in [0.4, 0.5) is 5.69 Å². The molecule has 2 rings (SSSR count). The molecule has 0 saturated heterocycles. The van der Waals surface area contributed by atoms with Crippen molar-refractivity contribution in [3.63, 3.8) is 0 Å². The number of anilines is 1. The maximum atomic E-state index is 12.4. The number of nitrogens with zero attached hydrogens (tertiary/aromatic N) is 1. The highest BCUT2D eigenvalue weighted by molar-refractivity contribution is 9.10. The van der Waals surface area contributed by atoms with Gasteiger partial charge < -0.3 is 10.1 Å². The smallest absolute Gasteiger partial charge is 0.321 e. The van der Waals surface area contributed by atoms with Gasteiger partial charge in [-0.2, -0.15) is 4.31 Å². The molecule has 10 heteroatoms. The number of sulfonamides is 1. The normalized spacial score (nSPS) is 11.3. The zero-order valence-corrected chi connectivity index (χ0v) is 18.3. The van der Waals surface area contributed by atoms with E-state index in [4.69, 9.17) is 16.3 Å². The maximum absolute atomic E-state index is 12.4. The number of rotatable bonds is 7. The van der Waals surface area contributed by atoms with Crippen LogP contribution >= 0.6 is 27.5 Å². The van der Waals surface area contributed by atoms with E-state index in [0.717, 1.165) is 14.3 Å². The number of esters is 1. The van der Waals surface area contributed by atoms with Crippen molar-refractivity contribution in [1.82, 2.24) is 4.31 Å². The summed E-state index contributed by atoms with van der Waals surface area (Å²) in [6.45, 7) is 0.815. The highest BCUT2D eigenvalue weighted by Gasteiger charge is 2.23. The summed E-state index contributed by atoms with van der Waals surface area (Å²) in [5.74, 6) is -1.37. The first-order valence-corrected chi connectivity index (χ1v) is 10.6. The van der Waals surface area contributed by atoms with E-state index in [9.17, 15) is 18.0 Å². The second-order valence-corrected chi connectivity index (χ2v) is 9.22. The van der Waals surface area contributed by atoms with Crippen LogP contribution in [0.2, 0.25) is 5.02 Å². The summed E-state index contributed by atoms with van der Waals surface area (Å²) >= 11 is 9.11. The lowest BCUT2D eigenvalue weighted by atomic mass is 10.2. The van der Waals surface area contributed by atoms with E-state index in [2.05, 4.69) is 21.2 Å². The molecule has 150 valence electrons. The molecule has 0 heterocycles. The van der Waals surface area contributed by atoms with E-state index in [1.807, 2.05) is 6.92 Å². The fourth-order valence-electron chi connectivity index (χ4n) is 2.16. The fourth-order valence-corrected chi connectivity index (χ4v) is 3.65. The first-order chi connectivity index (χ1) is 13.1. The number of carbonyl (C=O) groups is 2. The van der Waals surface area contributed by atoms with Crippen molar-refractivity contribution in [3.8, 4) is 0 Å². The van der Waals surface area contributed by atoms with E-state index in [-0.39, 0.29) is 4.90 Å². The first-order valence-electron chi connectivity index (χ1n) is 8.03. The lowest BCUT2D eigenvalue weighted by molar-refractivity contribution is -0.147. The molecule has 0 aromatic heterocycles. The van der Waals surface area contributed by atoms with E-state index < -0.39 is 35.1 Å². The Bertz CT molecular complexity index is 980. The zero-order chi connectivity index (χ0) is 20.9. The topological polar surface area (TPSA) is 92.8 Å². The van der Waals surface area contributed by atoms with Gasteiger partial charge in [0.15, 0.2) is 6.61 Å². The predicted octanol–water partition coefficient (Wildman–Crippen LogP) is 3.21. The summed E-state index contributed by atoms with van der Waals surface area (Å²) in [7, 11) is -2.63. The van der Waals surface area contributed by atoms with Crippen molar-refractivity contribution in [3.05, 3.63) is 57.5 Å². The number of likely N-dealkylation sites (N-methyl/N-ethyl adjacent to an activating group) is 1. The standard InChI is InChI=1S/C18H18BrClN2O5S/c1-12-9-14(5-8-16(12)19)21-17(23)11-27-18(24)10-22(2)28(25,26)15-6-3-13(20)4-7-15/h3-9H,10-11H2,1-2H3,(H,21,23). The minimum atomic E-state index is -3.88. The number of halogens is 2. The van der Waals surface area contributed by atoms with Crippen LogP contribution in [-0.2, 0) is 24.3 Å². The molecule has 1 N–H and O–H groups in total. The summed E-state index contributed by atoms with van der Waals surface area (Å²) in [6.07, 6.45) is 0. The van der Waals surface area contributed by atoms with Gasteiger partial charge in [0.2, 0.25) is 10.0 Å². The van der Waals surface area contributed by atoms with Crippen LogP contribution in [0.3, 0.4) is 0 Å². The first kappa shape index (κ1) is 22.4. The van der Waals surface area contributed by atoms with Gasteiger partial charge in [-0.15, -0.1) is 0 Å². The van der Waals surface area contributed by atoms with Crippen molar-refractivity contribution in [1.29, 1.82) is 0 Å². The van der Waals surface area contributed by atoms with Crippen molar-refractivity contribution in [2.24, 2.45) is 0 Å². The van der Waals surface area contributed by atoms with Crippen molar-refractivity contribution in [2.75, 3.05) is 25.5 Å². The molecule has 0 aliphatic heterocycles. The summed E-state index contributed by atoms with van der Waals surface area (Å²) in [5.41, 5.74) is 1.49. The van der Waals surface area contributed by atoms with Gasteiger partial charge in [0, 0.05) is 22.2 Å². The van der Waals surface area contributed by atoms with Crippen molar-refractivity contribution in [2.45, 2.75) is 11.8 Å². The molecule has 0 aliphatic rings. The number of amides is 1. The predicted molar refractivity (Wildman–Crippen MR) is 110 cm³/mol. The summed E-state index contributed by atoms with van der Waals surface area (Å²) < 4.78 is 31.4. The van der Waals surface area contributed by atoms with Crippen LogP contribution in [0, 0.1) is 6.92 Å². The number of ether oxygens (including phenoxy) is 1. The fraction of sp³-hybridized carbons (Fsp3) is 0.222. The molecule has 0 fully saturated rings. The largest absolute Gasteiger partial charge is 0.455 e. The van der Waals surface area contributed by atoms with E-state index in [1.54, 1.807) is 18.2 Å². The molecule has 7 nitrogen and oxygen atoms in total. The van der Waals surface area contributed by atoms with Crippen LogP contribution in [0.15, 0.2) is 51.8 Å². The van der Waals surface area contributed by atoms with Gasteiger partial charge in [-0.25, -0.2) is 8.42 Å². The Morgan fingerprint density at radius 2 is 1.82 bits per heavy atom. The minimum absolute atomic E-state index is 0.00412. The third kappa shape index (κ3) is 6.03. The average molecular weight is 490 g/mol. The molecule has 2 aromatic rings. The quantitative estimate of drug-likeness (QED) is 0.603. The lowest BCUT2D eigenvalue weighted by Crippen LogP contribution is -2.34. The molecule has 0 spiro atoms. The van der Waals surface area contributed by atoms with E-state index in [1.165, 1.54) is 31.3 Å². The molecule has 0 aliphatic carbocycles. The van der Waals surface area contributed by atoms with Crippen LogP contribution in [0.1, 0.15) is 5.56 Å². The van der Waals surface area contributed by atoms with Crippen LogP contribution in [0.25, 0.3) is 0 Å². The van der Waals surface area contributed by atoms with Crippen LogP contribution < -0.4 is 5.32 Å². The minimum Gasteiger partial charge on any atom is -0.455 e. The monoisotopic (exact) mass is 488 g/mol. The molecule has 0 atom stereocenters. The van der Waals surface area contributed by atoms with E-state index in [0.29, 0.717) is 10.7 Å². The van der Waals surface area contributed by atoms with Gasteiger partial charge in [0.25, 0.3) is 5.91 Å². The number of benzene rings is 2. The Balaban J connectivity index is 1.88. The van der Waals surface area contributed by atoms with Gasteiger partial charge >= 0.3 is 5.97 Å². The Kier molecular flexibility index (Phi) is 7.59. The molecular weight excluding hydrogens is 472 g/mol. The summed E-state index contributed by atoms with van der Waals surface area (Å²) in [5, 5.41) is 2.99. The van der Waals surface area contributed by atoms with E-state index >= 15 is 0 Å². The lowest BCUT2D eigenvalue weighted by Gasteiger charge is -2.16. The number of nitrogens with one attached hydrogen (secondary N) is 1. The van der Waals surface area contributed by atoms with Gasteiger partial charge in [-0.1, -0.05) is 27.5 Å². The summed E-state index contributed by atoms with van der Waals surface area (Å²) in [6, 6.07) is 10.8. The Hall–Kier alpha value is -1.94. The van der Waals surface area contributed by atoms with Gasteiger partial charge in [0.1, 0.15) is 6.54 Å². The average Bonchev–Trinajstić information content (AvgIpc) is 2.63. The summed E-state index contributed by atoms with van der Waals surface area (Å²) in [4.78, 5) is 23.8. The SMILES string of the molecule is Cc1cc(NC(=O)COC(=O)CN(C)S(=O)(=O)c2ccc(Cl)cc2)ccc1Br. The van der Waals surface area contributed by atoms with Gasteiger partial charge in [-0.05, 0) is 55.0 Å². The molecule has 1 amide bonds. The second kappa shape index (κ2) is 9.51. The highest BCUT2D eigenvalue weighted by Crippen LogP contribution is 2.20. The third-order valence-corrected chi connectivity index (χ3v) is 6.64. The third-order valence-electron chi connectivity index (χ3n) is 3.68. The highest BCUT2D eigenvalue weighted by atomic mass is 79.9. The number of hydrogen-bond acceptors (Lipinski definition) is 5. The Labute approximate surface area is 176 Å². The molecule has 0 saturated carbocycles. The van der Waals surface area contributed by atoms with Crippen molar-refractivity contribution >= 4 is 55.1 Å². The Morgan fingerprint density at radius 3 is 2.43 bits per heavy atom. The second-order valence-electron chi connectivity index (χ2n) is 5.89. The zero-order valence-electron chi connectivity index (χ0n) is 15.1. The maximum Gasteiger partial charge on any atom is 0.321 e. The van der Waals surface area contributed by atoms with Gasteiger partial charge in [-0.3, -0.25) is 9.59 Å². The van der Waals surface area contributed by atoms with Crippen molar-refractivity contribution < 1.29 is 22.7 Å². The van der Waals surface area contributed by atoms with Crippen LogP contribution in [-0.4, -0.2) is 44.8 Å². The molecule has 0 radical (unpaired) electrons. The number of carbonyl (C=O) groups excluding carboxylic acids is 2. The van der Waals surface area contributed by atoms with Gasteiger partial charge in [0.05, 0.1) is 4.90 Å². The molecule has 2 aromatic carbocycles. The number of aryl methyl sites for hydroxylation is 1. The number of hydrogen-bond donors (Lipinski definition) is 1. The molecule has 28 heavy (non-hydrogen) atoms.